The smallest absolute Gasteiger partial charge is 0.339 e. The summed E-state index contributed by atoms with van der Waals surface area (Å²) in [6.45, 7) is 3.84. The number of methoxy groups -OCH3 is 1. The zero-order valence-corrected chi connectivity index (χ0v) is 12.0. The minimum Gasteiger partial charge on any atom is -0.484 e. The van der Waals surface area contributed by atoms with Crippen molar-refractivity contribution in [3.8, 4) is 0 Å². The molecule has 0 atom stereocenters. The van der Waals surface area contributed by atoms with Crippen molar-refractivity contribution < 1.29 is 14.3 Å². The largest absolute Gasteiger partial charge is 0.484 e. The lowest BCUT2D eigenvalue weighted by Crippen LogP contribution is -2.05. The van der Waals surface area contributed by atoms with E-state index in [9.17, 15) is 4.79 Å². The summed E-state index contributed by atoms with van der Waals surface area (Å²) in [5.41, 5.74) is 0.422. The predicted octanol–water partition coefficient (Wildman–Crippen LogP) is 2.56. The van der Waals surface area contributed by atoms with E-state index in [1.165, 1.54) is 6.20 Å². The molecule has 0 bridgehead atoms. The van der Waals surface area contributed by atoms with Crippen molar-refractivity contribution in [3.05, 3.63) is 21.4 Å². The Morgan fingerprint density at radius 3 is 2.82 bits per heavy atom. The summed E-state index contributed by atoms with van der Waals surface area (Å²) in [7, 11) is 1.54. The van der Waals surface area contributed by atoms with Crippen LogP contribution in [-0.2, 0) is 9.47 Å². The van der Waals surface area contributed by atoms with Gasteiger partial charge < -0.3 is 9.47 Å². The highest BCUT2D eigenvalue weighted by molar-refractivity contribution is 14.1. The van der Waals surface area contributed by atoms with E-state index < -0.39 is 0 Å². The maximum atomic E-state index is 11.5. The van der Waals surface area contributed by atoms with Crippen LogP contribution in [0.2, 0.25) is 0 Å². The van der Waals surface area contributed by atoms with Gasteiger partial charge in [0.25, 0.3) is 0 Å². The summed E-state index contributed by atoms with van der Waals surface area (Å²) in [5, 5.41) is 0. The molecule has 0 N–H and O–H groups in total. The third-order valence-electron chi connectivity index (χ3n) is 1.89. The molecular weight excluding hydrogens is 335 g/mol. The van der Waals surface area contributed by atoms with Gasteiger partial charge in [-0.3, -0.25) is 0 Å². The maximum absolute atomic E-state index is 11.5. The molecule has 17 heavy (non-hydrogen) atoms. The monoisotopic (exact) mass is 348 g/mol. The van der Waals surface area contributed by atoms with Gasteiger partial charge in [-0.2, -0.15) is 4.99 Å². The lowest BCUT2D eigenvalue weighted by molar-refractivity contribution is 0.0526. The summed E-state index contributed by atoms with van der Waals surface area (Å²) in [4.78, 5) is 19.7. The van der Waals surface area contributed by atoms with E-state index >= 15 is 0 Å². The van der Waals surface area contributed by atoms with Gasteiger partial charge in [-0.05, 0) is 35.6 Å². The van der Waals surface area contributed by atoms with Crippen molar-refractivity contribution in [2.75, 3.05) is 13.7 Å². The van der Waals surface area contributed by atoms with Crippen LogP contribution in [0, 0.1) is 3.57 Å². The van der Waals surface area contributed by atoms with E-state index in [-0.39, 0.29) is 5.97 Å². The number of halogens is 1. The number of aromatic nitrogens is 1. The van der Waals surface area contributed by atoms with Crippen molar-refractivity contribution in [2.45, 2.75) is 13.8 Å². The van der Waals surface area contributed by atoms with Crippen molar-refractivity contribution >= 4 is 40.3 Å². The molecule has 6 heteroatoms. The fourth-order valence-corrected chi connectivity index (χ4v) is 1.63. The number of aliphatic imine (C=N–C) groups is 1. The molecule has 0 aliphatic rings. The Morgan fingerprint density at radius 1 is 1.59 bits per heavy atom. The number of rotatable bonds is 3. The van der Waals surface area contributed by atoms with E-state index in [2.05, 4.69) is 32.6 Å². The number of nitrogens with zero attached hydrogens (tertiary/aromatic N) is 2. The molecule has 92 valence electrons. The van der Waals surface area contributed by atoms with Gasteiger partial charge in [0.2, 0.25) is 0 Å². The van der Waals surface area contributed by atoms with Gasteiger partial charge in [-0.1, -0.05) is 0 Å². The quantitative estimate of drug-likeness (QED) is 0.365. The number of pyridine rings is 1. The Balaban J connectivity index is 2.98. The second kappa shape index (κ2) is 6.53. The van der Waals surface area contributed by atoms with Crippen LogP contribution in [0.1, 0.15) is 24.2 Å². The summed E-state index contributed by atoms with van der Waals surface area (Å²) in [5.74, 6) is 0.661. The van der Waals surface area contributed by atoms with Gasteiger partial charge in [0.15, 0.2) is 11.7 Å². The van der Waals surface area contributed by atoms with Gasteiger partial charge in [0.1, 0.15) is 0 Å². The molecular formula is C11H13IN2O3. The Labute approximate surface area is 113 Å². The van der Waals surface area contributed by atoms with Gasteiger partial charge in [0, 0.05) is 13.1 Å². The molecule has 0 saturated heterocycles. The fraction of sp³-hybridized carbons (Fsp3) is 0.364. The molecule has 1 aromatic rings. The standard InChI is InChI=1S/C11H13IN2O3/c1-4-17-11(15)8-5-9(12)10(13-6-8)14-7(2)16-3/h5-6H,4H2,1-3H3. The highest BCUT2D eigenvalue weighted by atomic mass is 127. The summed E-state index contributed by atoms with van der Waals surface area (Å²) in [6.07, 6.45) is 1.45. The minimum absolute atomic E-state index is 0.345. The number of hydrogen-bond donors (Lipinski definition) is 0. The van der Waals surface area contributed by atoms with E-state index in [0.717, 1.165) is 3.57 Å². The van der Waals surface area contributed by atoms with E-state index in [1.54, 1.807) is 27.0 Å². The average molecular weight is 348 g/mol. The van der Waals surface area contributed by atoms with E-state index in [0.29, 0.717) is 23.9 Å². The third-order valence-corrected chi connectivity index (χ3v) is 2.69. The second-order valence-corrected chi connectivity index (χ2v) is 4.25. The van der Waals surface area contributed by atoms with Gasteiger partial charge in [0.05, 0.1) is 22.9 Å². The molecule has 0 aliphatic carbocycles. The van der Waals surface area contributed by atoms with Crippen molar-refractivity contribution in [1.29, 1.82) is 0 Å². The molecule has 0 spiro atoms. The lowest BCUT2D eigenvalue weighted by Gasteiger charge is -2.04. The number of carbonyl (C=O) groups excluding carboxylic acids is 1. The molecule has 5 nitrogen and oxygen atoms in total. The summed E-state index contributed by atoms with van der Waals surface area (Å²) >= 11 is 2.06. The molecule has 0 fully saturated rings. The maximum Gasteiger partial charge on any atom is 0.339 e. The second-order valence-electron chi connectivity index (χ2n) is 3.08. The number of hydrogen-bond acceptors (Lipinski definition) is 5. The van der Waals surface area contributed by atoms with Crippen LogP contribution < -0.4 is 0 Å². The first-order valence-electron chi connectivity index (χ1n) is 5.00. The van der Waals surface area contributed by atoms with Crippen molar-refractivity contribution in [1.82, 2.24) is 4.98 Å². The van der Waals surface area contributed by atoms with Gasteiger partial charge in [-0.25, -0.2) is 9.78 Å². The number of ether oxygens (including phenoxy) is 2. The van der Waals surface area contributed by atoms with Crippen molar-refractivity contribution in [2.24, 2.45) is 4.99 Å². The SMILES string of the molecule is CCOC(=O)c1cnc(N=C(C)OC)c(I)c1. The Bertz CT molecular complexity index is 446. The third kappa shape index (κ3) is 3.95. The first kappa shape index (κ1) is 13.9. The normalized spacial score (nSPS) is 11.2. The molecule has 1 aromatic heterocycles. The molecule has 0 saturated carbocycles. The summed E-state index contributed by atoms with van der Waals surface area (Å²) < 4.78 is 10.6. The molecule has 0 amide bonds. The number of carbonyl (C=O) groups is 1. The van der Waals surface area contributed by atoms with Crippen LogP contribution in [0.4, 0.5) is 5.82 Å². The topological polar surface area (TPSA) is 60.8 Å². The first-order chi connectivity index (χ1) is 8.08. The molecule has 0 aromatic carbocycles. The lowest BCUT2D eigenvalue weighted by atomic mass is 10.3. The van der Waals surface area contributed by atoms with Crippen LogP contribution in [-0.4, -0.2) is 30.6 Å². The predicted molar refractivity (Wildman–Crippen MR) is 72.7 cm³/mol. The van der Waals surface area contributed by atoms with Crippen molar-refractivity contribution in [3.63, 3.8) is 0 Å². The fourth-order valence-electron chi connectivity index (χ4n) is 1.03. The Morgan fingerprint density at radius 2 is 2.29 bits per heavy atom. The van der Waals surface area contributed by atoms with E-state index in [4.69, 9.17) is 9.47 Å². The minimum atomic E-state index is -0.378. The zero-order chi connectivity index (χ0) is 12.8. The molecule has 0 aliphatic heterocycles. The van der Waals surface area contributed by atoms with Crippen LogP contribution in [0.5, 0.6) is 0 Å². The first-order valence-corrected chi connectivity index (χ1v) is 6.08. The Kier molecular flexibility index (Phi) is 5.33. The number of esters is 1. The molecule has 0 unspecified atom stereocenters. The van der Waals surface area contributed by atoms with Crippen LogP contribution in [0.25, 0.3) is 0 Å². The molecule has 1 heterocycles. The average Bonchev–Trinajstić information content (AvgIpc) is 2.31. The van der Waals surface area contributed by atoms with E-state index in [1.807, 2.05) is 0 Å². The highest BCUT2D eigenvalue weighted by Gasteiger charge is 2.10. The van der Waals surface area contributed by atoms with Gasteiger partial charge >= 0.3 is 5.97 Å². The Hall–Kier alpha value is -1.18. The van der Waals surface area contributed by atoms with Crippen LogP contribution in [0.3, 0.4) is 0 Å². The molecule has 1 rings (SSSR count). The van der Waals surface area contributed by atoms with Crippen LogP contribution >= 0.6 is 22.6 Å². The molecule has 0 radical (unpaired) electrons. The van der Waals surface area contributed by atoms with Crippen LogP contribution in [0.15, 0.2) is 17.3 Å². The summed E-state index contributed by atoms with van der Waals surface area (Å²) in [6, 6.07) is 1.69. The zero-order valence-electron chi connectivity index (χ0n) is 9.86. The highest BCUT2D eigenvalue weighted by Crippen LogP contribution is 2.20. The van der Waals surface area contributed by atoms with Gasteiger partial charge in [-0.15, -0.1) is 0 Å².